The lowest BCUT2D eigenvalue weighted by atomic mass is 9.87. The average Bonchev–Trinajstić information content (AvgIpc) is 3.44. The molecule has 1 amide bonds. The molecule has 220 valence electrons. The molecule has 1 N–H and O–H groups in total. The molecule has 2 atom stereocenters. The van der Waals surface area contributed by atoms with E-state index in [0.29, 0.717) is 49.8 Å². The van der Waals surface area contributed by atoms with Crippen LogP contribution in [0.4, 0.5) is 13.2 Å². The second-order valence-electron chi connectivity index (χ2n) is 10.7. The fourth-order valence-corrected chi connectivity index (χ4v) is 5.74. The lowest BCUT2D eigenvalue weighted by Gasteiger charge is -2.32. The Balaban J connectivity index is 1.25. The highest BCUT2D eigenvalue weighted by atomic mass is 19.4. The number of alkyl halides is 3. The maximum absolute atomic E-state index is 13.0. The Morgan fingerprint density at radius 3 is 2.83 bits per heavy atom. The molecule has 6 rings (SSSR count). The molecule has 1 saturated carbocycles. The van der Waals surface area contributed by atoms with E-state index in [1.165, 1.54) is 12.1 Å². The number of rotatable bonds is 9. The molecule has 0 radical (unpaired) electrons. The number of halogens is 3. The van der Waals surface area contributed by atoms with Crippen molar-refractivity contribution >= 4 is 5.91 Å². The van der Waals surface area contributed by atoms with Crippen molar-refractivity contribution in [1.82, 2.24) is 29.9 Å². The number of hydrogen-bond donors (Lipinski definition) is 1. The van der Waals surface area contributed by atoms with Crippen molar-refractivity contribution in [1.29, 1.82) is 0 Å². The second kappa shape index (κ2) is 11.2. The number of aromatic nitrogens is 4. The zero-order valence-electron chi connectivity index (χ0n) is 23.3. The third-order valence-corrected chi connectivity index (χ3v) is 7.91. The molecule has 12 heteroatoms. The third-order valence-electron chi connectivity index (χ3n) is 7.91. The number of benzene rings is 2. The van der Waals surface area contributed by atoms with Gasteiger partial charge in [0.2, 0.25) is 11.8 Å². The van der Waals surface area contributed by atoms with Gasteiger partial charge >= 0.3 is 6.36 Å². The quantitative estimate of drug-likeness (QED) is 0.293. The number of ether oxygens (including phenoxy) is 1. The maximum atomic E-state index is 13.0. The number of carbonyl (C=O) groups is 1. The van der Waals surface area contributed by atoms with Crippen LogP contribution in [0.1, 0.15) is 53.5 Å². The highest BCUT2D eigenvalue weighted by Gasteiger charge is 2.47. The molecule has 1 aliphatic carbocycles. The third kappa shape index (κ3) is 6.03. The van der Waals surface area contributed by atoms with Gasteiger partial charge in [-0.3, -0.25) is 9.69 Å². The summed E-state index contributed by atoms with van der Waals surface area (Å²) in [7, 11) is 0. The summed E-state index contributed by atoms with van der Waals surface area (Å²) in [5.41, 5.74) is 4.60. The fraction of sp³-hybridized carbons (Fsp3) is 0.400. The second-order valence-corrected chi connectivity index (χ2v) is 10.7. The monoisotopic (exact) mass is 580 g/mol. The van der Waals surface area contributed by atoms with Gasteiger partial charge in [0.25, 0.3) is 0 Å². The van der Waals surface area contributed by atoms with Crippen LogP contribution in [0.3, 0.4) is 0 Å². The summed E-state index contributed by atoms with van der Waals surface area (Å²) in [6, 6.07) is 9.94. The molecular weight excluding hydrogens is 549 g/mol. The number of amides is 1. The van der Waals surface area contributed by atoms with Crippen LogP contribution in [-0.4, -0.2) is 43.4 Å². The molecule has 1 fully saturated rings. The van der Waals surface area contributed by atoms with Gasteiger partial charge in [0, 0.05) is 38.6 Å². The highest BCUT2D eigenvalue weighted by molar-refractivity contribution is 5.82. The number of imidazole rings is 1. The van der Waals surface area contributed by atoms with Gasteiger partial charge in [-0.2, -0.15) is 4.98 Å². The molecule has 3 heterocycles. The first-order chi connectivity index (χ1) is 20.2. The number of nitrogens with zero attached hydrogens (tertiary/aromatic N) is 5. The van der Waals surface area contributed by atoms with Gasteiger partial charge in [-0.25, -0.2) is 4.98 Å². The summed E-state index contributed by atoms with van der Waals surface area (Å²) in [5, 5.41) is 6.90. The Hall–Kier alpha value is -4.19. The molecule has 1 aliphatic heterocycles. The van der Waals surface area contributed by atoms with Crippen LogP contribution >= 0.6 is 0 Å². The molecule has 0 spiro atoms. The van der Waals surface area contributed by atoms with E-state index >= 15 is 0 Å². The van der Waals surface area contributed by atoms with E-state index in [9.17, 15) is 18.0 Å². The van der Waals surface area contributed by atoms with Crippen molar-refractivity contribution in [3.63, 3.8) is 0 Å². The van der Waals surface area contributed by atoms with E-state index in [2.05, 4.69) is 41.6 Å². The predicted molar refractivity (Wildman–Crippen MR) is 146 cm³/mol. The topological polar surface area (TPSA) is 98.3 Å². The number of carbonyl (C=O) groups excluding carboxylic acids is 1. The largest absolute Gasteiger partial charge is 0.573 e. The van der Waals surface area contributed by atoms with Crippen molar-refractivity contribution in [2.24, 2.45) is 5.92 Å². The van der Waals surface area contributed by atoms with Gasteiger partial charge in [0.1, 0.15) is 11.6 Å². The minimum absolute atomic E-state index is 0.0634. The van der Waals surface area contributed by atoms with Crippen molar-refractivity contribution in [3.8, 4) is 16.9 Å². The number of nitrogens with one attached hydrogen (secondary N) is 1. The van der Waals surface area contributed by atoms with Crippen LogP contribution < -0.4 is 10.1 Å². The Kier molecular flexibility index (Phi) is 7.48. The molecule has 9 nitrogen and oxygen atoms in total. The van der Waals surface area contributed by atoms with E-state index in [1.54, 1.807) is 25.3 Å². The van der Waals surface area contributed by atoms with Crippen LogP contribution in [0.5, 0.6) is 5.75 Å². The summed E-state index contributed by atoms with van der Waals surface area (Å²) >= 11 is 0. The number of aryl methyl sites for hydroxylation is 2. The Bertz CT molecular complexity index is 1600. The van der Waals surface area contributed by atoms with Crippen LogP contribution in [0, 0.1) is 12.8 Å². The first-order valence-corrected chi connectivity index (χ1v) is 14.0. The lowest BCUT2D eigenvalue weighted by molar-refractivity contribution is -0.274. The zero-order chi connectivity index (χ0) is 29.4. The molecule has 2 unspecified atom stereocenters. The maximum Gasteiger partial charge on any atom is 0.573 e. The molecule has 4 aromatic rings. The van der Waals surface area contributed by atoms with Crippen LogP contribution in [0.2, 0.25) is 0 Å². The predicted octanol–water partition coefficient (Wildman–Crippen LogP) is 5.14. The summed E-state index contributed by atoms with van der Waals surface area (Å²) < 4.78 is 50.3. The molecular formula is C30H31F3N6O3. The van der Waals surface area contributed by atoms with E-state index in [-0.39, 0.29) is 23.5 Å². The summed E-state index contributed by atoms with van der Waals surface area (Å²) in [6.45, 7) is 7.03. The van der Waals surface area contributed by atoms with Crippen LogP contribution in [-0.2, 0) is 37.4 Å². The standard InChI is InChI=1S/C30H31F3N6O3/c1-3-39-12-10-34-27(39)17-38-11-9-23-22(19-5-4-6-21(13-19)41-30(31,32)33)8-7-20(26(23)16-38)15-35-28(40)24-14-25(24)29-36-18(2)37-42-29/h4-8,10,12-13,24-25H,3,9,11,14-17H2,1-2H3,(H,35,40). The zero-order valence-corrected chi connectivity index (χ0v) is 23.3. The van der Waals surface area contributed by atoms with Gasteiger partial charge in [-0.1, -0.05) is 29.4 Å². The van der Waals surface area contributed by atoms with Gasteiger partial charge in [-0.15, -0.1) is 13.2 Å². The van der Waals surface area contributed by atoms with Crippen molar-refractivity contribution in [2.45, 2.75) is 65.1 Å². The summed E-state index contributed by atoms with van der Waals surface area (Å²) in [6.07, 6.45) is 0.354. The Labute approximate surface area is 240 Å². The highest BCUT2D eigenvalue weighted by Crippen LogP contribution is 2.47. The number of fused-ring (bicyclic) bond motifs is 1. The van der Waals surface area contributed by atoms with Gasteiger partial charge in [0.15, 0.2) is 5.82 Å². The van der Waals surface area contributed by atoms with Crippen LogP contribution in [0.25, 0.3) is 11.1 Å². The van der Waals surface area contributed by atoms with Gasteiger partial charge in [0.05, 0.1) is 18.4 Å². The minimum Gasteiger partial charge on any atom is -0.406 e. The minimum atomic E-state index is -4.77. The Morgan fingerprint density at radius 1 is 1.21 bits per heavy atom. The van der Waals surface area contributed by atoms with E-state index in [4.69, 9.17) is 4.52 Å². The molecule has 2 aromatic carbocycles. The molecule has 42 heavy (non-hydrogen) atoms. The Morgan fingerprint density at radius 2 is 2.07 bits per heavy atom. The van der Waals surface area contributed by atoms with E-state index in [1.807, 2.05) is 18.3 Å². The molecule has 0 bridgehead atoms. The summed E-state index contributed by atoms with van der Waals surface area (Å²) in [4.78, 5) is 24.1. The van der Waals surface area contributed by atoms with Crippen molar-refractivity contribution in [2.75, 3.05) is 6.54 Å². The van der Waals surface area contributed by atoms with E-state index < -0.39 is 6.36 Å². The smallest absolute Gasteiger partial charge is 0.406 e. The molecule has 2 aromatic heterocycles. The summed E-state index contributed by atoms with van der Waals surface area (Å²) in [5.74, 6) is 1.41. The van der Waals surface area contributed by atoms with Gasteiger partial charge < -0.3 is 19.1 Å². The normalized spacial score (nSPS) is 18.5. The number of hydrogen-bond acceptors (Lipinski definition) is 7. The van der Waals surface area contributed by atoms with Crippen molar-refractivity contribution in [3.05, 3.63) is 83.0 Å². The van der Waals surface area contributed by atoms with Crippen LogP contribution in [0.15, 0.2) is 53.3 Å². The van der Waals surface area contributed by atoms with Gasteiger partial charge in [-0.05, 0) is 66.6 Å². The lowest BCUT2D eigenvalue weighted by Crippen LogP contribution is -2.33. The van der Waals surface area contributed by atoms with Crippen molar-refractivity contribution < 1.29 is 27.2 Å². The van der Waals surface area contributed by atoms with E-state index in [0.717, 1.165) is 41.2 Å². The average molecular weight is 581 g/mol. The SMILES string of the molecule is CCn1ccnc1CN1CCc2c(-c3cccc(OC(F)(F)F)c3)ccc(CNC(=O)C3CC3c3nc(C)no3)c2C1. The fourth-order valence-electron chi connectivity index (χ4n) is 5.74. The molecule has 0 saturated heterocycles. The first kappa shape index (κ1) is 28.0. The molecule has 2 aliphatic rings. The first-order valence-electron chi connectivity index (χ1n) is 14.0.